The summed E-state index contributed by atoms with van der Waals surface area (Å²) < 4.78 is 0. The standard InChI is InChI=1S/C12H25NO/c1-2-3-4-5-6-9-13-10-7-8-12(13)11-14/h12,14H,2-11H2,1H3. The second-order valence-corrected chi connectivity index (χ2v) is 4.43. The lowest BCUT2D eigenvalue weighted by Crippen LogP contribution is -2.32. The molecule has 0 aromatic heterocycles. The molecule has 14 heavy (non-hydrogen) atoms. The second-order valence-electron chi connectivity index (χ2n) is 4.43. The van der Waals surface area contributed by atoms with Gasteiger partial charge in [-0.05, 0) is 32.4 Å². The summed E-state index contributed by atoms with van der Waals surface area (Å²) in [5.74, 6) is 0. The molecule has 0 radical (unpaired) electrons. The fourth-order valence-electron chi connectivity index (χ4n) is 2.31. The van der Waals surface area contributed by atoms with E-state index in [0.717, 1.165) is 0 Å². The van der Waals surface area contributed by atoms with E-state index in [1.54, 1.807) is 0 Å². The van der Waals surface area contributed by atoms with Crippen LogP contribution in [0.2, 0.25) is 0 Å². The smallest absolute Gasteiger partial charge is 0.0586 e. The van der Waals surface area contributed by atoms with Crippen molar-refractivity contribution in [3.8, 4) is 0 Å². The van der Waals surface area contributed by atoms with Crippen LogP contribution in [0.5, 0.6) is 0 Å². The second kappa shape index (κ2) is 7.24. The molecule has 0 bridgehead atoms. The molecule has 1 saturated heterocycles. The Hall–Kier alpha value is -0.0800. The molecule has 0 saturated carbocycles. The number of unbranched alkanes of at least 4 members (excludes halogenated alkanes) is 4. The minimum Gasteiger partial charge on any atom is -0.395 e. The van der Waals surface area contributed by atoms with E-state index in [-0.39, 0.29) is 0 Å². The van der Waals surface area contributed by atoms with E-state index in [4.69, 9.17) is 5.11 Å². The lowest BCUT2D eigenvalue weighted by Gasteiger charge is -2.22. The van der Waals surface area contributed by atoms with Crippen molar-refractivity contribution in [3.63, 3.8) is 0 Å². The zero-order valence-corrected chi connectivity index (χ0v) is 9.54. The van der Waals surface area contributed by atoms with Crippen molar-refractivity contribution in [2.75, 3.05) is 19.7 Å². The van der Waals surface area contributed by atoms with Gasteiger partial charge in [0.05, 0.1) is 6.61 Å². The van der Waals surface area contributed by atoms with Gasteiger partial charge in [0, 0.05) is 6.04 Å². The zero-order valence-electron chi connectivity index (χ0n) is 9.54. The Morgan fingerprint density at radius 1 is 1.21 bits per heavy atom. The minimum atomic E-state index is 0.356. The van der Waals surface area contributed by atoms with Crippen LogP contribution >= 0.6 is 0 Å². The fourth-order valence-corrected chi connectivity index (χ4v) is 2.31. The highest BCUT2D eigenvalue weighted by molar-refractivity contribution is 4.77. The Kier molecular flexibility index (Phi) is 6.20. The quantitative estimate of drug-likeness (QED) is 0.636. The van der Waals surface area contributed by atoms with Crippen molar-refractivity contribution >= 4 is 0 Å². The number of likely N-dealkylation sites (tertiary alicyclic amines) is 1. The van der Waals surface area contributed by atoms with Crippen molar-refractivity contribution < 1.29 is 5.11 Å². The van der Waals surface area contributed by atoms with Crippen LogP contribution in [0.1, 0.15) is 51.9 Å². The van der Waals surface area contributed by atoms with Gasteiger partial charge >= 0.3 is 0 Å². The summed E-state index contributed by atoms with van der Waals surface area (Å²) in [5, 5.41) is 9.14. The van der Waals surface area contributed by atoms with Gasteiger partial charge in [0.15, 0.2) is 0 Å². The van der Waals surface area contributed by atoms with Crippen molar-refractivity contribution in [1.82, 2.24) is 4.90 Å². The van der Waals surface area contributed by atoms with Crippen LogP contribution in [-0.4, -0.2) is 35.7 Å². The normalized spacial score (nSPS) is 23.1. The summed E-state index contributed by atoms with van der Waals surface area (Å²) in [7, 11) is 0. The average molecular weight is 199 g/mol. The lowest BCUT2D eigenvalue weighted by molar-refractivity contribution is 0.157. The molecule has 1 aliphatic heterocycles. The first kappa shape index (κ1) is 12.0. The molecular weight excluding hydrogens is 174 g/mol. The largest absolute Gasteiger partial charge is 0.395 e. The maximum atomic E-state index is 9.14. The molecule has 0 aromatic rings. The van der Waals surface area contributed by atoms with E-state index in [1.165, 1.54) is 58.0 Å². The maximum Gasteiger partial charge on any atom is 0.0586 e. The van der Waals surface area contributed by atoms with Crippen LogP contribution in [-0.2, 0) is 0 Å². The number of rotatable bonds is 7. The number of aliphatic hydroxyl groups excluding tert-OH is 1. The first-order valence-electron chi connectivity index (χ1n) is 6.23. The first-order chi connectivity index (χ1) is 6.88. The highest BCUT2D eigenvalue weighted by Crippen LogP contribution is 2.17. The van der Waals surface area contributed by atoms with Gasteiger partial charge in [0.2, 0.25) is 0 Å². The average Bonchev–Trinajstić information content (AvgIpc) is 2.65. The zero-order chi connectivity index (χ0) is 10.2. The molecule has 0 amide bonds. The molecular formula is C12H25NO. The maximum absolute atomic E-state index is 9.14. The topological polar surface area (TPSA) is 23.5 Å². The van der Waals surface area contributed by atoms with Crippen molar-refractivity contribution in [1.29, 1.82) is 0 Å². The van der Waals surface area contributed by atoms with Gasteiger partial charge in [0.1, 0.15) is 0 Å². The molecule has 2 heteroatoms. The van der Waals surface area contributed by atoms with Crippen molar-refractivity contribution in [2.24, 2.45) is 0 Å². The van der Waals surface area contributed by atoms with Gasteiger partial charge in [-0.2, -0.15) is 0 Å². The molecule has 1 heterocycles. The summed E-state index contributed by atoms with van der Waals surface area (Å²) in [6, 6.07) is 0.473. The summed E-state index contributed by atoms with van der Waals surface area (Å²) in [6.07, 6.45) is 9.24. The molecule has 0 aliphatic carbocycles. The minimum absolute atomic E-state index is 0.356. The number of nitrogens with zero attached hydrogens (tertiary/aromatic N) is 1. The van der Waals surface area contributed by atoms with E-state index >= 15 is 0 Å². The van der Waals surface area contributed by atoms with Gasteiger partial charge in [-0.25, -0.2) is 0 Å². The number of hydrogen-bond acceptors (Lipinski definition) is 2. The molecule has 1 unspecified atom stereocenters. The van der Waals surface area contributed by atoms with E-state index in [2.05, 4.69) is 11.8 Å². The Balaban J connectivity index is 2.00. The van der Waals surface area contributed by atoms with Crippen LogP contribution in [0.3, 0.4) is 0 Å². The van der Waals surface area contributed by atoms with E-state index in [1.807, 2.05) is 0 Å². The Bertz CT molecular complexity index is 138. The Labute approximate surface area is 88.3 Å². The van der Waals surface area contributed by atoms with Crippen LogP contribution in [0, 0.1) is 0 Å². The van der Waals surface area contributed by atoms with Gasteiger partial charge in [-0.15, -0.1) is 0 Å². The van der Waals surface area contributed by atoms with Gasteiger partial charge in [0.25, 0.3) is 0 Å². The van der Waals surface area contributed by atoms with Crippen molar-refractivity contribution in [2.45, 2.75) is 57.9 Å². The Morgan fingerprint density at radius 2 is 2.00 bits per heavy atom. The number of hydrogen-bond donors (Lipinski definition) is 1. The third kappa shape index (κ3) is 3.97. The molecule has 2 nitrogen and oxygen atoms in total. The fraction of sp³-hybridized carbons (Fsp3) is 1.00. The predicted octanol–water partition coefficient (Wildman–Crippen LogP) is 2.41. The third-order valence-corrected chi connectivity index (χ3v) is 3.26. The predicted molar refractivity (Wildman–Crippen MR) is 60.4 cm³/mol. The van der Waals surface area contributed by atoms with E-state index < -0.39 is 0 Å². The molecule has 0 spiro atoms. The van der Waals surface area contributed by atoms with Crippen LogP contribution < -0.4 is 0 Å². The molecule has 1 N–H and O–H groups in total. The highest BCUT2D eigenvalue weighted by atomic mass is 16.3. The molecule has 1 atom stereocenters. The van der Waals surface area contributed by atoms with E-state index in [0.29, 0.717) is 12.6 Å². The SMILES string of the molecule is CCCCCCCN1CCCC1CO. The van der Waals surface area contributed by atoms with Crippen LogP contribution in [0.4, 0.5) is 0 Å². The summed E-state index contributed by atoms with van der Waals surface area (Å²) in [4.78, 5) is 2.46. The molecule has 1 fully saturated rings. The summed E-state index contributed by atoms with van der Waals surface area (Å²) >= 11 is 0. The van der Waals surface area contributed by atoms with Crippen molar-refractivity contribution in [3.05, 3.63) is 0 Å². The van der Waals surface area contributed by atoms with Gasteiger partial charge in [-0.1, -0.05) is 32.6 Å². The Morgan fingerprint density at radius 3 is 2.71 bits per heavy atom. The summed E-state index contributed by atoms with van der Waals surface area (Å²) in [6.45, 7) is 5.02. The molecule has 1 aliphatic rings. The lowest BCUT2D eigenvalue weighted by atomic mass is 10.1. The highest BCUT2D eigenvalue weighted by Gasteiger charge is 2.22. The monoisotopic (exact) mass is 199 g/mol. The van der Waals surface area contributed by atoms with Gasteiger partial charge in [-0.3, -0.25) is 4.90 Å². The molecule has 0 aromatic carbocycles. The van der Waals surface area contributed by atoms with E-state index in [9.17, 15) is 0 Å². The number of aliphatic hydroxyl groups is 1. The van der Waals surface area contributed by atoms with Gasteiger partial charge < -0.3 is 5.11 Å². The third-order valence-electron chi connectivity index (χ3n) is 3.26. The first-order valence-corrected chi connectivity index (χ1v) is 6.23. The van der Waals surface area contributed by atoms with Crippen LogP contribution in [0.15, 0.2) is 0 Å². The van der Waals surface area contributed by atoms with Crippen LogP contribution in [0.25, 0.3) is 0 Å². The summed E-state index contributed by atoms with van der Waals surface area (Å²) in [5.41, 5.74) is 0. The molecule has 84 valence electrons. The molecule has 1 rings (SSSR count).